The number of carbonyl (C=O) groups excluding carboxylic acids is 2. The molecule has 0 aromatic rings. The second-order valence-electron chi connectivity index (χ2n) is 10.6. The average molecular weight is 440 g/mol. The molecule has 0 aromatic heterocycles. The van der Waals surface area contributed by atoms with E-state index >= 15 is 0 Å². The highest BCUT2D eigenvalue weighted by atomic mass is 32.2. The maximum atomic E-state index is 13.5. The van der Waals surface area contributed by atoms with Crippen LogP contribution in [0.2, 0.25) is 0 Å². The van der Waals surface area contributed by atoms with Gasteiger partial charge in [-0.05, 0) is 64.2 Å². The van der Waals surface area contributed by atoms with E-state index in [2.05, 4.69) is 10.2 Å². The molecule has 8 nitrogen and oxygen atoms in total. The van der Waals surface area contributed by atoms with Crippen molar-refractivity contribution < 1.29 is 22.8 Å². The maximum absolute atomic E-state index is 13.5. The lowest BCUT2D eigenvalue weighted by molar-refractivity contribution is -0.168. The lowest BCUT2D eigenvalue weighted by atomic mass is 9.58. The zero-order valence-corrected chi connectivity index (χ0v) is 18.6. The highest BCUT2D eigenvalue weighted by Gasteiger charge is 2.57. The molecule has 30 heavy (non-hydrogen) atoms. The predicted octanol–water partition coefficient (Wildman–Crippen LogP) is 1.32. The van der Waals surface area contributed by atoms with Gasteiger partial charge in [0.15, 0.2) is 0 Å². The number of likely N-dealkylation sites (tertiary alicyclic amines) is 1. The summed E-state index contributed by atoms with van der Waals surface area (Å²) in [4.78, 5) is 33.6. The molecule has 5 aliphatic rings. The lowest BCUT2D eigenvalue weighted by Crippen LogP contribution is -2.61. The zero-order chi connectivity index (χ0) is 21.3. The van der Waals surface area contributed by atoms with Crippen LogP contribution in [-0.2, 0) is 24.4 Å². The highest BCUT2D eigenvalue weighted by molar-refractivity contribution is 7.90. The second kappa shape index (κ2) is 7.25. The first kappa shape index (κ1) is 20.8. The summed E-state index contributed by atoms with van der Waals surface area (Å²) < 4.78 is 29.1. The minimum atomic E-state index is -3.49. The number of hydrogen-bond acceptors (Lipinski definition) is 6. The molecule has 7 atom stereocenters. The van der Waals surface area contributed by atoms with Gasteiger partial charge in [0.05, 0.1) is 17.9 Å². The Hall–Kier alpha value is -1.03. The summed E-state index contributed by atoms with van der Waals surface area (Å²) in [5.41, 5.74) is 2.59. The van der Waals surface area contributed by atoms with E-state index in [1.54, 1.807) is 0 Å². The predicted molar refractivity (Wildman–Crippen MR) is 109 cm³/mol. The van der Waals surface area contributed by atoms with Gasteiger partial charge >= 0.3 is 0 Å². The summed E-state index contributed by atoms with van der Waals surface area (Å²) in [6, 6.07) is 0.191. The Morgan fingerprint density at radius 2 is 1.87 bits per heavy atom. The van der Waals surface area contributed by atoms with Crippen LogP contribution in [0.1, 0.15) is 65.2 Å². The molecule has 5 fully saturated rings. The molecule has 2 aliphatic heterocycles. The van der Waals surface area contributed by atoms with Crippen molar-refractivity contribution in [1.82, 2.24) is 15.1 Å². The van der Waals surface area contributed by atoms with Gasteiger partial charge in [-0.2, -0.15) is 5.48 Å². The molecule has 168 valence electrons. The van der Waals surface area contributed by atoms with E-state index in [0.29, 0.717) is 12.8 Å². The molecule has 7 unspecified atom stereocenters. The molecular weight excluding hydrogens is 406 g/mol. The summed E-state index contributed by atoms with van der Waals surface area (Å²) in [6.07, 6.45) is 5.80. The van der Waals surface area contributed by atoms with E-state index in [0.717, 1.165) is 38.5 Å². The fraction of sp³-hybridized carbons (Fsp3) is 0.905. The van der Waals surface area contributed by atoms with Crippen molar-refractivity contribution in [3.8, 4) is 0 Å². The Balaban J connectivity index is 1.39. The number of hydrogen-bond donors (Lipinski definition) is 2. The number of nitrogens with one attached hydrogen (secondary N) is 2. The second-order valence-corrected chi connectivity index (χ2v) is 12.5. The van der Waals surface area contributed by atoms with Gasteiger partial charge in [-0.25, -0.2) is 13.1 Å². The lowest BCUT2D eigenvalue weighted by Gasteiger charge is -2.52. The van der Waals surface area contributed by atoms with Gasteiger partial charge in [0.25, 0.3) is 0 Å². The van der Waals surface area contributed by atoms with E-state index in [-0.39, 0.29) is 59.7 Å². The smallest absolute Gasteiger partial charge is 0.232 e. The van der Waals surface area contributed by atoms with Crippen molar-refractivity contribution in [2.75, 3.05) is 6.54 Å². The topological polar surface area (TPSA) is 105 Å². The third-order valence-corrected chi connectivity index (χ3v) is 10.1. The molecule has 0 spiro atoms. The van der Waals surface area contributed by atoms with Crippen LogP contribution >= 0.6 is 0 Å². The van der Waals surface area contributed by atoms with Crippen LogP contribution in [0.25, 0.3) is 0 Å². The minimum Gasteiger partial charge on any atom is -0.296 e. The number of hydroxylamine groups is 1. The van der Waals surface area contributed by atoms with E-state index < -0.39 is 15.3 Å². The number of rotatable bonds is 5. The molecule has 0 aromatic carbocycles. The van der Waals surface area contributed by atoms with Crippen molar-refractivity contribution in [1.29, 1.82) is 0 Å². The third-order valence-electron chi connectivity index (χ3n) is 8.08. The van der Waals surface area contributed by atoms with Gasteiger partial charge in [0.2, 0.25) is 21.8 Å². The van der Waals surface area contributed by atoms with Crippen LogP contribution in [0, 0.1) is 23.7 Å². The summed E-state index contributed by atoms with van der Waals surface area (Å²) in [7, 11) is -3.49. The Morgan fingerprint density at radius 1 is 1.13 bits per heavy atom. The highest BCUT2D eigenvalue weighted by Crippen LogP contribution is 2.52. The van der Waals surface area contributed by atoms with Crippen LogP contribution in [-0.4, -0.2) is 54.6 Å². The van der Waals surface area contributed by atoms with Gasteiger partial charge < -0.3 is 0 Å². The first-order valence-electron chi connectivity index (χ1n) is 11.5. The van der Waals surface area contributed by atoms with Crippen molar-refractivity contribution in [3.63, 3.8) is 0 Å². The van der Waals surface area contributed by atoms with Gasteiger partial charge in [0, 0.05) is 23.4 Å². The molecule has 0 radical (unpaired) electrons. The van der Waals surface area contributed by atoms with E-state index in [1.165, 1.54) is 4.90 Å². The molecule has 2 amide bonds. The number of carbonyl (C=O) groups is 2. The molecule has 9 heteroatoms. The molecule has 2 heterocycles. The van der Waals surface area contributed by atoms with Crippen LogP contribution in [0.5, 0.6) is 0 Å². The number of piperidine rings is 1. The summed E-state index contributed by atoms with van der Waals surface area (Å²) >= 11 is 0. The SMILES string of the molecule is CC1CC(CN2C(=O)C3CCCC4CC(S(=O)(=O)NC5(C)CC5)CC(C2=O)C43)ON1. The van der Waals surface area contributed by atoms with Gasteiger partial charge in [-0.1, -0.05) is 12.8 Å². The van der Waals surface area contributed by atoms with Gasteiger partial charge in [0.1, 0.15) is 0 Å². The van der Waals surface area contributed by atoms with Crippen LogP contribution in [0.3, 0.4) is 0 Å². The Labute approximate surface area is 178 Å². The molecule has 2 N–H and O–H groups in total. The van der Waals surface area contributed by atoms with Gasteiger partial charge in [-0.15, -0.1) is 0 Å². The first-order valence-corrected chi connectivity index (χ1v) is 13.0. The summed E-state index contributed by atoms with van der Waals surface area (Å²) in [5, 5.41) is -0.552. The quantitative estimate of drug-likeness (QED) is 0.626. The molecular formula is C21H33N3O5S. The Bertz CT molecular complexity index is 842. The zero-order valence-electron chi connectivity index (χ0n) is 17.8. The van der Waals surface area contributed by atoms with Gasteiger partial charge in [-0.3, -0.25) is 19.3 Å². The van der Waals surface area contributed by atoms with Crippen molar-refractivity contribution in [2.24, 2.45) is 23.7 Å². The number of amides is 2. The number of nitrogens with zero attached hydrogens (tertiary/aromatic N) is 1. The largest absolute Gasteiger partial charge is 0.296 e. The van der Waals surface area contributed by atoms with E-state index in [4.69, 9.17) is 4.84 Å². The molecule has 0 bridgehead atoms. The normalized spacial score (nSPS) is 42.9. The molecule has 3 saturated carbocycles. The maximum Gasteiger partial charge on any atom is 0.232 e. The Kier molecular flexibility index (Phi) is 5.04. The van der Waals surface area contributed by atoms with Crippen molar-refractivity contribution in [3.05, 3.63) is 0 Å². The number of imide groups is 1. The van der Waals surface area contributed by atoms with Crippen LogP contribution in [0.4, 0.5) is 0 Å². The molecule has 2 saturated heterocycles. The summed E-state index contributed by atoms with van der Waals surface area (Å²) in [5.74, 6) is -0.661. The fourth-order valence-electron chi connectivity index (χ4n) is 6.30. The third kappa shape index (κ3) is 3.61. The van der Waals surface area contributed by atoms with Crippen molar-refractivity contribution >= 4 is 21.8 Å². The van der Waals surface area contributed by atoms with E-state index in [9.17, 15) is 18.0 Å². The summed E-state index contributed by atoms with van der Waals surface area (Å²) in [6.45, 7) is 4.20. The standard InChI is InChI=1S/C21H33N3O5S/c1-12-8-14(29-22-12)11-24-19(25)16-5-3-4-13-9-15(10-17(18(13)16)20(24)26)30(27,28)23-21(2)6-7-21/h12-18,22-23H,3-11H2,1-2H3. The van der Waals surface area contributed by atoms with Crippen LogP contribution in [0.15, 0.2) is 0 Å². The molecule has 3 aliphatic carbocycles. The molecule has 5 rings (SSSR count). The average Bonchev–Trinajstić information content (AvgIpc) is 3.26. The van der Waals surface area contributed by atoms with Crippen molar-refractivity contribution in [2.45, 2.75) is 88.1 Å². The van der Waals surface area contributed by atoms with E-state index in [1.807, 2.05) is 13.8 Å². The number of sulfonamides is 1. The minimum absolute atomic E-state index is 0.000457. The van der Waals surface area contributed by atoms with Crippen LogP contribution < -0.4 is 10.2 Å². The first-order chi connectivity index (χ1) is 14.2. The fourth-order valence-corrected chi connectivity index (χ4v) is 8.32. The Morgan fingerprint density at radius 3 is 2.53 bits per heavy atom. The monoisotopic (exact) mass is 439 g/mol.